The molecule has 2 aromatic carbocycles. The number of ether oxygens (including phenoxy) is 1. The molecule has 1 saturated carbocycles. The predicted octanol–water partition coefficient (Wildman–Crippen LogP) is 4.82. The summed E-state index contributed by atoms with van der Waals surface area (Å²) < 4.78 is 6.54. The summed E-state index contributed by atoms with van der Waals surface area (Å²) in [6.07, 6.45) is 9.20. The quantitative estimate of drug-likeness (QED) is 0.347. The van der Waals surface area contributed by atoms with Crippen molar-refractivity contribution in [1.82, 2.24) is 20.0 Å². The highest BCUT2D eigenvalue weighted by Gasteiger charge is 2.72. The highest BCUT2D eigenvalue weighted by Crippen LogP contribution is 2.55. The van der Waals surface area contributed by atoms with Gasteiger partial charge in [-0.25, -0.2) is 0 Å². The van der Waals surface area contributed by atoms with E-state index in [0.29, 0.717) is 17.3 Å². The van der Waals surface area contributed by atoms with Gasteiger partial charge in [0.2, 0.25) is 17.7 Å². The smallest absolute Gasteiger partial charge is 0.246 e. The highest BCUT2D eigenvalue weighted by molar-refractivity contribution is 6.31. The summed E-state index contributed by atoms with van der Waals surface area (Å²) in [5, 5.41) is 6.82. The summed E-state index contributed by atoms with van der Waals surface area (Å²) in [6, 6.07) is 15.2. The maximum absolute atomic E-state index is 14.4. The third kappa shape index (κ3) is 6.90. The minimum Gasteiger partial charge on any atom is -0.359 e. The lowest BCUT2D eigenvalue weighted by Gasteiger charge is -2.36. The zero-order valence-corrected chi connectivity index (χ0v) is 29.2. The van der Waals surface area contributed by atoms with Gasteiger partial charge in [-0.1, -0.05) is 79.4 Å². The van der Waals surface area contributed by atoms with Crippen molar-refractivity contribution >= 4 is 47.4 Å². The van der Waals surface area contributed by atoms with E-state index in [0.717, 1.165) is 76.9 Å². The van der Waals surface area contributed by atoms with Gasteiger partial charge >= 0.3 is 0 Å². The number of hydrogen-bond acceptors (Lipinski definition) is 6. The average Bonchev–Trinajstić information content (AvgIpc) is 3.72. The lowest BCUT2D eigenvalue weighted by Crippen LogP contribution is -2.56. The molecule has 2 aromatic rings. The molecular weight excluding hydrogens is 649 g/mol. The second kappa shape index (κ2) is 14.9. The number of rotatable bonds is 10. The van der Waals surface area contributed by atoms with E-state index in [4.69, 9.17) is 16.3 Å². The molecule has 0 aromatic heterocycles. The molecule has 48 heavy (non-hydrogen) atoms. The van der Waals surface area contributed by atoms with Gasteiger partial charge in [-0.2, -0.15) is 0 Å². The molecule has 9 nitrogen and oxygen atoms in total. The van der Waals surface area contributed by atoms with E-state index in [1.165, 1.54) is 12.0 Å². The first kappa shape index (κ1) is 34.9. The van der Waals surface area contributed by atoms with Gasteiger partial charge in [0.15, 0.2) is 0 Å². The molecule has 3 saturated heterocycles. The van der Waals surface area contributed by atoms with Crippen LogP contribution < -0.4 is 10.6 Å². The predicted molar refractivity (Wildman–Crippen MR) is 189 cm³/mol. The Morgan fingerprint density at radius 2 is 1.69 bits per heavy atom. The molecule has 5 atom stereocenters. The lowest BCUT2D eigenvalue weighted by molar-refractivity contribution is -0.141. The zero-order chi connectivity index (χ0) is 32.5. The van der Waals surface area contributed by atoms with Crippen LogP contribution in [0.1, 0.15) is 49.7 Å². The monoisotopic (exact) mass is 695 g/mol. The molecule has 0 radical (unpaired) electrons. The normalized spacial score (nSPS) is 28.7. The number of anilines is 1. The van der Waals surface area contributed by atoms with E-state index in [1.807, 2.05) is 37.3 Å². The number of halogens is 2. The Balaban J connectivity index is 0.00000401. The summed E-state index contributed by atoms with van der Waals surface area (Å²) in [7, 11) is 0. The number of benzene rings is 2. The maximum Gasteiger partial charge on any atom is 0.246 e. The number of piperazine rings is 1. The van der Waals surface area contributed by atoms with Crippen LogP contribution in [0.15, 0.2) is 60.7 Å². The number of hydrogen-bond donors (Lipinski definition) is 2. The zero-order valence-electron chi connectivity index (χ0n) is 27.6. The lowest BCUT2D eigenvalue weighted by atomic mass is 9.74. The summed E-state index contributed by atoms with van der Waals surface area (Å²) in [6.45, 7) is 8.08. The number of amides is 3. The third-order valence-corrected chi connectivity index (χ3v) is 11.3. The Kier molecular flexibility index (Phi) is 10.8. The summed E-state index contributed by atoms with van der Waals surface area (Å²) in [5.74, 6) is -2.13. The Morgan fingerprint density at radius 3 is 2.42 bits per heavy atom. The van der Waals surface area contributed by atoms with Crippen LogP contribution in [-0.4, -0.2) is 95.5 Å². The number of carbonyl (C=O) groups is 3. The van der Waals surface area contributed by atoms with Crippen LogP contribution in [0.25, 0.3) is 0 Å². The largest absolute Gasteiger partial charge is 0.359 e. The highest BCUT2D eigenvalue weighted by atomic mass is 35.5. The fraction of sp³-hybridized carbons (Fsp3) is 0.541. The van der Waals surface area contributed by atoms with Crippen LogP contribution in [-0.2, 0) is 25.7 Å². The van der Waals surface area contributed by atoms with E-state index in [2.05, 4.69) is 44.7 Å². The third-order valence-electron chi connectivity index (χ3n) is 10.9. The van der Waals surface area contributed by atoms with Crippen molar-refractivity contribution in [3.05, 3.63) is 76.8 Å². The van der Waals surface area contributed by atoms with E-state index in [1.54, 1.807) is 11.0 Å². The standard InChI is InChI=1S/C37H46ClN5O4.ClH/c1-25-13-14-28(23-29(25)38)40-34(44)31-30-15-16-37(47-30)32(31)36(46)43(33(37)35(45)39-27-11-6-3-7-12-27)18-8-17-41-19-21-42(22-20-41)24-26-9-4-2-5-10-26;/h2,4-5,9-10,13-16,23,27,30-33H,3,6-8,11-12,17-22,24H2,1H3,(H,39,45)(H,40,44);1H/t30-,31?,32-,33?,37?;/m0./s1. The topological polar surface area (TPSA) is 94.2 Å². The van der Waals surface area contributed by atoms with Crippen LogP contribution in [0.5, 0.6) is 0 Å². The number of carbonyl (C=O) groups excluding carboxylic acids is 3. The van der Waals surface area contributed by atoms with Crippen molar-refractivity contribution in [3.63, 3.8) is 0 Å². The Morgan fingerprint density at radius 1 is 0.958 bits per heavy atom. The first-order chi connectivity index (χ1) is 22.8. The van der Waals surface area contributed by atoms with Gasteiger partial charge in [-0.15, -0.1) is 12.4 Å². The Hall–Kier alpha value is -2.95. The van der Waals surface area contributed by atoms with Gasteiger partial charge in [0.25, 0.3) is 0 Å². The molecule has 4 fully saturated rings. The molecule has 1 spiro atoms. The van der Waals surface area contributed by atoms with Gasteiger partial charge in [0, 0.05) is 56.0 Å². The molecule has 4 aliphatic heterocycles. The summed E-state index contributed by atoms with van der Waals surface area (Å²) in [5.41, 5.74) is 1.66. The van der Waals surface area contributed by atoms with Gasteiger partial charge < -0.3 is 25.2 Å². The van der Waals surface area contributed by atoms with E-state index < -0.39 is 29.6 Å². The molecule has 5 aliphatic rings. The van der Waals surface area contributed by atoms with Crippen molar-refractivity contribution in [1.29, 1.82) is 0 Å². The maximum atomic E-state index is 14.4. The minimum atomic E-state index is -1.16. The van der Waals surface area contributed by atoms with Crippen molar-refractivity contribution in [2.45, 2.75) is 75.8 Å². The molecule has 7 rings (SSSR count). The number of nitrogens with one attached hydrogen (secondary N) is 2. The van der Waals surface area contributed by atoms with E-state index >= 15 is 0 Å². The molecule has 2 N–H and O–H groups in total. The van der Waals surface area contributed by atoms with E-state index in [9.17, 15) is 14.4 Å². The fourth-order valence-electron chi connectivity index (χ4n) is 8.41. The minimum absolute atomic E-state index is 0. The van der Waals surface area contributed by atoms with Gasteiger partial charge in [-0.3, -0.25) is 19.3 Å². The van der Waals surface area contributed by atoms with Gasteiger partial charge in [-0.05, 0) is 56.0 Å². The molecule has 3 amide bonds. The van der Waals surface area contributed by atoms with Crippen molar-refractivity contribution < 1.29 is 19.1 Å². The molecular formula is C37H47Cl2N5O4. The number of aryl methyl sites for hydroxylation is 1. The summed E-state index contributed by atoms with van der Waals surface area (Å²) >= 11 is 6.33. The first-order valence-corrected chi connectivity index (χ1v) is 17.7. The molecule has 258 valence electrons. The Labute approximate surface area is 294 Å². The molecule has 3 unspecified atom stereocenters. The molecule has 2 bridgehead atoms. The first-order valence-electron chi connectivity index (χ1n) is 17.4. The molecule has 4 heterocycles. The van der Waals surface area contributed by atoms with Crippen LogP contribution >= 0.6 is 24.0 Å². The van der Waals surface area contributed by atoms with Crippen molar-refractivity contribution in [2.75, 3.05) is 44.6 Å². The van der Waals surface area contributed by atoms with Crippen LogP contribution in [0, 0.1) is 18.8 Å². The number of fused-ring (bicyclic) bond motifs is 1. The van der Waals surface area contributed by atoms with Gasteiger partial charge in [0.1, 0.15) is 11.6 Å². The second-order valence-corrected chi connectivity index (χ2v) is 14.4. The number of nitrogens with zero attached hydrogens (tertiary/aromatic N) is 3. The van der Waals surface area contributed by atoms with Crippen molar-refractivity contribution in [2.24, 2.45) is 11.8 Å². The number of likely N-dealkylation sites (tertiary alicyclic amines) is 1. The SMILES string of the molecule is Cc1ccc(NC(=O)C2[C@@H]3C=CC4(O3)C(C(=O)NC3CCCCC3)N(CCCN3CCN(Cc5ccccc5)CC3)C(=O)[C@H]24)cc1Cl.Cl. The van der Waals surface area contributed by atoms with Crippen LogP contribution in [0.3, 0.4) is 0 Å². The second-order valence-electron chi connectivity index (χ2n) is 14.0. The fourth-order valence-corrected chi connectivity index (χ4v) is 8.59. The van der Waals surface area contributed by atoms with E-state index in [-0.39, 0.29) is 36.2 Å². The average molecular weight is 697 g/mol. The van der Waals surface area contributed by atoms with Gasteiger partial charge in [0.05, 0.1) is 17.9 Å². The Bertz CT molecular complexity index is 1510. The molecule has 11 heteroatoms. The van der Waals surface area contributed by atoms with Crippen molar-refractivity contribution in [3.8, 4) is 0 Å². The summed E-state index contributed by atoms with van der Waals surface area (Å²) in [4.78, 5) is 48.9. The van der Waals surface area contributed by atoms with Crippen LogP contribution in [0.4, 0.5) is 5.69 Å². The molecule has 1 aliphatic carbocycles. The van der Waals surface area contributed by atoms with Crippen LogP contribution in [0.2, 0.25) is 5.02 Å².